The molecule has 116 valence electrons. The maximum atomic E-state index is 12.5. The fraction of sp³-hybridized carbons (Fsp3) is 0.500. The van der Waals surface area contributed by atoms with Crippen molar-refractivity contribution in [3.05, 3.63) is 25.6 Å². The molecule has 0 saturated heterocycles. The van der Waals surface area contributed by atoms with Crippen molar-refractivity contribution in [2.24, 2.45) is 0 Å². The first-order chi connectivity index (χ1) is 9.70. The van der Waals surface area contributed by atoms with Gasteiger partial charge >= 0.3 is 0 Å². The van der Waals surface area contributed by atoms with E-state index in [1.807, 2.05) is 13.8 Å². The Balaban J connectivity index is 2.30. The normalized spacial score (nSPS) is 12.1. The number of aromatic nitrogens is 2. The molecule has 9 heteroatoms. The third-order valence-electron chi connectivity index (χ3n) is 3.23. The lowest BCUT2D eigenvalue weighted by Crippen LogP contribution is -2.27. The van der Waals surface area contributed by atoms with Gasteiger partial charge in [-0.2, -0.15) is 0 Å². The van der Waals surface area contributed by atoms with Gasteiger partial charge in [-0.05, 0) is 38.0 Å². The first-order valence-corrected chi connectivity index (χ1v) is 9.50. The van der Waals surface area contributed by atoms with Crippen LogP contribution < -0.4 is 10.3 Å². The van der Waals surface area contributed by atoms with Crippen molar-refractivity contribution >= 4 is 43.8 Å². The van der Waals surface area contributed by atoms with E-state index in [-0.39, 0.29) is 12.1 Å². The predicted octanol–water partition coefficient (Wildman–Crippen LogP) is 1.68. The summed E-state index contributed by atoms with van der Waals surface area (Å²) in [4.78, 5) is 17.5. The average molecular weight is 347 g/mol. The summed E-state index contributed by atoms with van der Waals surface area (Å²) in [6.07, 6.45) is 1.60. The summed E-state index contributed by atoms with van der Waals surface area (Å²) >= 11 is 6.74. The van der Waals surface area contributed by atoms with Gasteiger partial charge in [-0.25, -0.2) is 13.1 Å². The Labute approximate surface area is 131 Å². The molecule has 0 fully saturated rings. The molecule has 6 nitrogen and oxygen atoms in total. The molecule has 0 spiro atoms. The highest BCUT2D eigenvalue weighted by molar-refractivity contribution is 7.88. The average Bonchev–Trinajstić information content (AvgIpc) is 2.62. The van der Waals surface area contributed by atoms with E-state index in [1.54, 1.807) is 0 Å². The molecule has 0 amide bonds. The van der Waals surface area contributed by atoms with Gasteiger partial charge in [0, 0.05) is 18.0 Å². The van der Waals surface area contributed by atoms with Gasteiger partial charge in [0.05, 0.1) is 11.6 Å². The van der Waals surface area contributed by atoms with Crippen molar-refractivity contribution in [2.45, 2.75) is 26.8 Å². The van der Waals surface area contributed by atoms with Crippen LogP contribution in [0.2, 0.25) is 0 Å². The Bertz CT molecular complexity index is 890. The number of hydrogen-bond acceptors (Lipinski definition) is 5. The highest BCUT2D eigenvalue weighted by atomic mass is 32.2. The van der Waals surface area contributed by atoms with E-state index in [9.17, 15) is 13.2 Å². The second-order valence-electron chi connectivity index (χ2n) is 4.89. The number of sulfonamides is 1. The first kappa shape index (κ1) is 16.3. The van der Waals surface area contributed by atoms with E-state index in [2.05, 4.69) is 9.71 Å². The van der Waals surface area contributed by atoms with Crippen LogP contribution in [0.3, 0.4) is 0 Å². The number of aryl methyl sites for hydroxylation is 2. The highest BCUT2D eigenvalue weighted by Crippen LogP contribution is 2.25. The molecule has 2 rings (SSSR count). The van der Waals surface area contributed by atoms with Crippen LogP contribution in [-0.4, -0.2) is 30.8 Å². The van der Waals surface area contributed by atoms with Crippen molar-refractivity contribution < 1.29 is 8.42 Å². The van der Waals surface area contributed by atoms with E-state index in [1.165, 1.54) is 15.9 Å². The molecular formula is C12H17N3O3S3. The zero-order valence-corrected chi connectivity index (χ0v) is 14.5. The number of nitrogens with one attached hydrogen (secondary N) is 2. The smallest absolute Gasteiger partial charge is 0.263 e. The van der Waals surface area contributed by atoms with Gasteiger partial charge in [0.1, 0.15) is 4.83 Å². The second kappa shape index (κ2) is 5.99. The van der Waals surface area contributed by atoms with Crippen molar-refractivity contribution in [1.29, 1.82) is 0 Å². The topological polar surface area (TPSA) is 84.0 Å². The Morgan fingerprint density at radius 1 is 1.38 bits per heavy atom. The van der Waals surface area contributed by atoms with Gasteiger partial charge in [0.2, 0.25) is 10.0 Å². The number of fused-ring (bicyclic) bond motifs is 1. The number of nitrogens with zero attached hydrogens (tertiary/aromatic N) is 1. The molecule has 0 aliphatic heterocycles. The molecule has 0 aliphatic carbocycles. The van der Waals surface area contributed by atoms with Gasteiger partial charge < -0.3 is 4.98 Å². The van der Waals surface area contributed by atoms with E-state index in [4.69, 9.17) is 12.2 Å². The molecule has 2 N–H and O–H groups in total. The minimum absolute atomic E-state index is 0.116. The predicted molar refractivity (Wildman–Crippen MR) is 88.2 cm³/mol. The summed E-state index contributed by atoms with van der Waals surface area (Å²) in [5, 5.41) is 0.669. The summed E-state index contributed by atoms with van der Waals surface area (Å²) in [5.74, 6) is 0. The first-order valence-electron chi connectivity index (χ1n) is 6.38. The van der Waals surface area contributed by atoms with Crippen LogP contribution in [0, 0.1) is 18.6 Å². The molecule has 0 saturated carbocycles. The van der Waals surface area contributed by atoms with Crippen LogP contribution in [0.15, 0.2) is 4.79 Å². The van der Waals surface area contributed by atoms with Gasteiger partial charge in [0.15, 0.2) is 4.77 Å². The quantitative estimate of drug-likeness (QED) is 0.637. The van der Waals surface area contributed by atoms with E-state index in [0.717, 1.165) is 21.5 Å². The standard InChI is InChI=1S/C12H17N3O3S3/c1-7-8(2)20-10-9(7)11(16)15(12(19)14-10)6-4-5-13-21(3,17)18/h13H,4-6H2,1-3H3,(H,14,19). The minimum Gasteiger partial charge on any atom is -0.323 e. The molecule has 0 aliphatic rings. The van der Waals surface area contributed by atoms with Gasteiger partial charge in [-0.15, -0.1) is 11.3 Å². The molecular weight excluding hydrogens is 330 g/mol. The molecule has 2 aromatic rings. The third-order valence-corrected chi connectivity index (χ3v) is 5.41. The molecule has 0 bridgehead atoms. The number of hydrogen-bond donors (Lipinski definition) is 2. The number of H-pyrrole nitrogens is 1. The molecule has 2 aromatic heterocycles. The second-order valence-corrected chi connectivity index (χ2v) is 8.34. The van der Waals surface area contributed by atoms with Crippen LogP contribution in [0.1, 0.15) is 16.9 Å². The van der Waals surface area contributed by atoms with Crippen LogP contribution in [0.4, 0.5) is 0 Å². The SMILES string of the molecule is Cc1sc2[nH]c(=S)n(CCCNS(C)(=O)=O)c(=O)c2c1C. The largest absolute Gasteiger partial charge is 0.323 e. The van der Waals surface area contributed by atoms with E-state index < -0.39 is 10.0 Å². The molecule has 21 heavy (non-hydrogen) atoms. The number of aromatic amines is 1. The molecule has 0 atom stereocenters. The van der Waals surface area contributed by atoms with E-state index >= 15 is 0 Å². The zero-order chi connectivity index (χ0) is 15.8. The molecule has 0 aromatic carbocycles. The Morgan fingerprint density at radius 3 is 2.67 bits per heavy atom. The minimum atomic E-state index is -3.21. The summed E-state index contributed by atoms with van der Waals surface area (Å²) < 4.78 is 26.2. The van der Waals surface area contributed by atoms with Gasteiger partial charge in [-0.3, -0.25) is 9.36 Å². The van der Waals surface area contributed by atoms with Crippen molar-refractivity contribution in [2.75, 3.05) is 12.8 Å². The van der Waals surface area contributed by atoms with Crippen molar-refractivity contribution in [1.82, 2.24) is 14.3 Å². The summed E-state index contributed by atoms with van der Waals surface area (Å²) in [6, 6.07) is 0. The summed E-state index contributed by atoms with van der Waals surface area (Å²) in [6.45, 7) is 4.54. The van der Waals surface area contributed by atoms with Gasteiger partial charge in [0.25, 0.3) is 5.56 Å². The molecule has 0 unspecified atom stereocenters. The van der Waals surface area contributed by atoms with Crippen LogP contribution in [0.5, 0.6) is 0 Å². The van der Waals surface area contributed by atoms with Crippen LogP contribution >= 0.6 is 23.6 Å². The fourth-order valence-corrected chi connectivity index (χ4v) is 3.97. The van der Waals surface area contributed by atoms with Crippen molar-refractivity contribution in [3.63, 3.8) is 0 Å². The molecule has 2 heterocycles. The van der Waals surface area contributed by atoms with Gasteiger partial charge in [-0.1, -0.05) is 0 Å². The summed E-state index contributed by atoms with van der Waals surface area (Å²) in [7, 11) is -3.21. The Morgan fingerprint density at radius 2 is 2.05 bits per heavy atom. The fourth-order valence-electron chi connectivity index (χ4n) is 2.06. The number of thiophene rings is 1. The highest BCUT2D eigenvalue weighted by Gasteiger charge is 2.12. The summed E-state index contributed by atoms with van der Waals surface area (Å²) in [5.41, 5.74) is 0.851. The Hall–Kier alpha value is -1.03. The monoisotopic (exact) mass is 347 g/mol. The number of rotatable bonds is 5. The van der Waals surface area contributed by atoms with Crippen LogP contribution in [0.25, 0.3) is 10.2 Å². The molecule has 0 radical (unpaired) electrons. The zero-order valence-electron chi connectivity index (χ0n) is 12.0. The third kappa shape index (κ3) is 3.60. The maximum absolute atomic E-state index is 12.5. The maximum Gasteiger partial charge on any atom is 0.263 e. The van der Waals surface area contributed by atoms with E-state index in [0.29, 0.717) is 23.1 Å². The lowest BCUT2D eigenvalue weighted by atomic mass is 10.2. The Kier molecular flexibility index (Phi) is 4.66. The lowest BCUT2D eigenvalue weighted by molar-refractivity contribution is 0.569. The lowest BCUT2D eigenvalue weighted by Gasteiger charge is -2.07. The van der Waals surface area contributed by atoms with Crippen molar-refractivity contribution in [3.8, 4) is 0 Å². The van der Waals surface area contributed by atoms with Crippen LogP contribution in [-0.2, 0) is 16.6 Å².